The Labute approximate surface area is 187 Å². The fourth-order valence-corrected chi connectivity index (χ4v) is 4.13. The van der Waals surface area contributed by atoms with Gasteiger partial charge < -0.3 is 20.1 Å². The molecule has 2 aromatic carbocycles. The van der Waals surface area contributed by atoms with E-state index in [1.165, 1.54) is 0 Å². The van der Waals surface area contributed by atoms with Crippen LogP contribution in [-0.4, -0.2) is 53.2 Å². The third-order valence-corrected chi connectivity index (χ3v) is 6.11. The molecule has 1 aromatic heterocycles. The number of anilines is 2. The van der Waals surface area contributed by atoms with Crippen molar-refractivity contribution in [1.82, 2.24) is 9.88 Å². The Morgan fingerprint density at radius 3 is 2.61 bits per heavy atom. The number of pyridine rings is 1. The minimum absolute atomic E-state index is 0.0164. The number of hydrogen-bond donors (Lipinski definition) is 1. The number of amides is 1. The van der Waals surface area contributed by atoms with Crippen molar-refractivity contribution in [3.05, 3.63) is 70.5 Å². The van der Waals surface area contributed by atoms with E-state index in [0.717, 1.165) is 35.1 Å². The SMILES string of the molecule is CCCC[N+]1([O-])CCN(C(=O)c2ccc(Nc3ccnc4cc(Cl)ccc34)cc2)CC1. The van der Waals surface area contributed by atoms with E-state index in [-0.39, 0.29) is 10.6 Å². The molecule has 0 unspecified atom stereocenters. The molecule has 0 aliphatic carbocycles. The van der Waals surface area contributed by atoms with E-state index in [1.807, 2.05) is 48.5 Å². The molecule has 31 heavy (non-hydrogen) atoms. The molecule has 6 nitrogen and oxygen atoms in total. The summed E-state index contributed by atoms with van der Waals surface area (Å²) in [6.45, 7) is 4.72. The van der Waals surface area contributed by atoms with Crippen LogP contribution in [0.4, 0.5) is 11.4 Å². The number of benzene rings is 2. The first-order valence-electron chi connectivity index (χ1n) is 10.8. The number of rotatable bonds is 6. The van der Waals surface area contributed by atoms with Gasteiger partial charge in [0.25, 0.3) is 5.91 Å². The summed E-state index contributed by atoms with van der Waals surface area (Å²) in [5, 5.41) is 17.7. The Morgan fingerprint density at radius 1 is 1.16 bits per heavy atom. The summed E-state index contributed by atoms with van der Waals surface area (Å²) in [5.74, 6) is -0.0164. The maximum Gasteiger partial charge on any atom is 0.254 e. The van der Waals surface area contributed by atoms with Gasteiger partial charge in [0.15, 0.2) is 0 Å². The van der Waals surface area contributed by atoms with Crippen LogP contribution >= 0.6 is 11.6 Å². The lowest BCUT2D eigenvalue weighted by Gasteiger charge is -2.48. The van der Waals surface area contributed by atoms with Gasteiger partial charge in [0, 0.05) is 33.5 Å². The van der Waals surface area contributed by atoms with Crippen molar-refractivity contribution >= 4 is 39.8 Å². The Balaban J connectivity index is 1.41. The number of nitrogens with zero attached hydrogens (tertiary/aromatic N) is 3. The van der Waals surface area contributed by atoms with Crippen molar-refractivity contribution in [3.63, 3.8) is 0 Å². The Kier molecular flexibility index (Phi) is 6.41. The first-order valence-corrected chi connectivity index (χ1v) is 11.1. The summed E-state index contributed by atoms with van der Waals surface area (Å²) in [6, 6.07) is 15.0. The normalized spacial score (nSPS) is 15.8. The van der Waals surface area contributed by atoms with E-state index in [1.54, 1.807) is 11.1 Å². The summed E-state index contributed by atoms with van der Waals surface area (Å²) in [7, 11) is 0. The molecule has 7 heteroatoms. The molecule has 1 fully saturated rings. The monoisotopic (exact) mass is 438 g/mol. The van der Waals surface area contributed by atoms with Crippen LogP contribution in [0.5, 0.6) is 0 Å². The van der Waals surface area contributed by atoms with Crippen molar-refractivity contribution < 1.29 is 9.44 Å². The lowest BCUT2D eigenvalue weighted by Crippen LogP contribution is -2.57. The summed E-state index contributed by atoms with van der Waals surface area (Å²) in [6.07, 6.45) is 3.70. The van der Waals surface area contributed by atoms with Crippen LogP contribution in [0.25, 0.3) is 10.9 Å². The number of carbonyl (C=O) groups is 1. The van der Waals surface area contributed by atoms with Crippen LogP contribution < -0.4 is 5.32 Å². The highest BCUT2D eigenvalue weighted by molar-refractivity contribution is 6.31. The molecule has 2 heterocycles. The molecule has 0 radical (unpaired) electrons. The number of quaternary nitrogens is 1. The lowest BCUT2D eigenvalue weighted by molar-refractivity contribution is -0.884. The average molecular weight is 439 g/mol. The second kappa shape index (κ2) is 9.22. The van der Waals surface area contributed by atoms with Crippen LogP contribution in [0.15, 0.2) is 54.7 Å². The van der Waals surface area contributed by atoms with Crippen LogP contribution in [0.3, 0.4) is 0 Å². The quantitative estimate of drug-likeness (QED) is 0.424. The molecule has 4 rings (SSSR count). The zero-order chi connectivity index (χ0) is 21.8. The zero-order valence-electron chi connectivity index (χ0n) is 17.7. The standard InChI is InChI=1S/C24H27ClN4O2/c1-2-3-14-29(31)15-12-28(13-16-29)24(30)18-4-7-20(8-5-18)27-22-10-11-26-23-17-19(25)6-9-21(22)23/h4-11,17H,2-3,12-16H2,1H3,(H,26,27). The number of piperazine rings is 1. The van der Waals surface area contributed by atoms with Crippen LogP contribution in [0.1, 0.15) is 30.1 Å². The number of nitrogens with one attached hydrogen (secondary N) is 1. The molecular formula is C24H27ClN4O2. The Bertz CT molecular complexity index is 1060. The van der Waals surface area contributed by atoms with E-state index < -0.39 is 0 Å². The molecule has 3 aromatic rings. The van der Waals surface area contributed by atoms with Gasteiger partial charge in [0.05, 0.1) is 38.2 Å². The van der Waals surface area contributed by atoms with Crippen molar-refractivity contribution in [2.45, 2.75) is 19.8 Å². The van der Waals surface area contributed by atoms with Gasteiger partial charge in [0.1, 0.15) is 0 Å². The highest BCUT2D eigenvalue weighted by Crippen LogP contribution is 2.27. The van der Waals surface area contributed by atoms with E-state index in [4.69, 9.17) is 11.6 Å². The molecule has 1 aliphatic heterocycles. The Morgan fingerprint density at radius 2 is 1.90 bits per heavy atom. The third kappa shape index (κ3) is 4.98. The highest BCUT2D eigenvalue weighted by Gasteiger charge is 2.28. The third-order valence-electron chi connectivity index (χ3n) is 5.88. The maximum atomic E-state index is 12.9. The van der Waals surface area contributed by atoms with Crippen LogP contribution in [-0.2, 0) is 0 Å². The Hall–Kier alpha value is -2.67. The van der Waals surface area contributed by atoms with Gasteiger partial charge in [0.2, 0.25) is 0 Å². The van der Waals surface area contributed by atoms with Crippen LogP contribution in [0, 0.1) is 5.21 Å². The van der Waals surface area contributed by atoms with Crippen molar-refractivity contribution in [3.8, 4) is 0 Å². The topological polar surface area (TPSA) is 68.3 Å². The molecular weight excluding hydrogens is 412 g/mol. The fraction of sp³-hybridized carbons (Fsp3) is 0.333. The molecule has 0 saturated carbocycles. The van der Waals surface area contributed by atoms with Crippen LogP contribution in [0.2, 0.25) is 5.02 Å². The fourth-order valence-electron chi connectivity index (χ4n) is 3.97. The number of halogens is 1. The van der Waals surface area contributed by atoms with E-state index in [2.05, 4.69) is 17.2 Å². The molecule has 1 aliphatic rings. The zero-order valence-corrected chi connectivity index (χ0v) is 18.4. The molecule has 1 amide bonds. The number of carbonyl (C=O) groups excluding carboxylic acids is 1. The summed E-state index contributed by atoms with van der Waals surface area (Å²) in [5.41, 5.74) is 3.26. The van der Waals surface area contributed by atoms with Gasteiger partial charge in [-0.15, -0.1) is 0 Å². The second-order valence-corrected chi connectivity index (χ2v) is 8.53. The van der Waals surface area contributed by atoms with Gasteiger partial charge in [-0.1, -0.05) is 24.9 Å². The molecule has 1 N–H and O–H groups in total. The van der Waals surface area contributed by atoms with E-state index >= 15 is 0 Å². The molecule has 0 atom stereocenters. The smallest absolute Gasteiger partial charge is 0.254 e. The molecule has 0 spiro atoms. The first-order chi connectivity index (χ1) is 15.0. The molecule has 0 bridgehead atoms. The predicted octanol–water partition coefficient (Wildman–Crippen LogP) is 5.20. The van der Waals surface area contributed by atoms with Crippen molar-refractivity contribution in [1.29, 1.82) is 0 Å². The van der Waals surface area contributed by atoms with Gasteiger partial charge >= 0.3 is 0 Å². The summed E-state index contributed by atoms with van der Waals surface area (Å²) >= 11 is 6.07. The number of hydrogen-bond acceptors (Lipinski definition) is 4. The van der Waals surface area contributed by atoms with Gasteiger partial charge in [-0.3, -0.25) is 9.78 Å². The highest BCUT2D eigenvalue weighted by atomic mass is 35.5. The van der Waals surface area contributed by atoms with E-state index in [9.17, 15) is 10.0 Å². The number of aromatic nitrogens is 1. The largest absolute Gasteiger partial charge is 0.633 e. The molecule has 1 saturated heterocycles. The average Bonchev–Trinajstić information content (AvgIpc) is 2.78. The molecule has 162 valence electrons. The number of fused-ring (bicyclic) bond motifs is 1. The second-order valence-electron chi connectivity index (χ2n) is 8.10. The first kappa shape index (κ1) is 21.6. The summed E-state index contributed by atoms with van der Waals surface area (Å²) < 4.78 is -0.175. The predicted molar refractivity (Wildman–Crippen MR) is 126 cm³/mol. The van der Waals surface area contributed by atoms with Crippen molar-refractivity contribution in [2.75, 3.05) is 38.0 Å². The number of hydroxylamine groups is 3. The van der Waals surface area contributed by atoms with Gasteiger partial charge in [-0.05, 0) is 55.0 Å². The van der Waals surface area contributed by atoms with Gasteiger partial charge in [-0.2, -0.15) is 0 Å². The van der Waals surface area contributed by atoms with Gasteiger partial charge in [-0.25, -0.2) is 0 Å². The minimum atomic E-state index is -0.175. The number of unbranched alkanes of at least 4 members (excludes halogenated alkanes) is 1. The minimum Gasteiger partial charge on any atom is -0.633 e. The summed E-state index contributed by atoms with van der Waals surface area (Å²) in [4.78, 5) is 19.0. The lowest BCUT2D eigenvalue weighted by atomic mass is 10.1. The van der Waals surface area contributed by atoms with Crippen molar-refractivity contribution in [2.24, 2.45) is 0 Å². The van der Waals surface area contributed by atoms with E-state index in [0.29, 0.717) is 43.3 Å². The maximum absolute atomic E-state index is 12.9.